The zero-order valence-electron chi connectivity index (χ0n) is 7.78. The molecule has 0 aliphatic carbocycles. The molecule has 0 aliphatic heterocycles. The first-order valence-electron chi connectivity index (χ1n) is 4.50. The molecular formula is C10H14BrNO2. The predicted octanol–water partition coefficient (Wildman–Crippen LogP) is 1.93. The molecule has 0 amide bonds. The lowest BCUT2D eigenvalue weighted by molar-refractivity contribution is 0.280. The van der Waals surface area contributed by atoms with Crippen LogP contribution in [0.1, 0.15) is 24.4 Å². The molecule has 14 heavy (non-hydrogen) atoms. The monoisotopic (exact) mass is 259 g/mol. The Morgan fingerprint density at radius 2 is 2.14 bits per heavy atom. The van der Waals surface area contributed by atoms with Crippen molar-refractivity contribution < 1.29 is 10.2 Å². The number of hydrogen-bond acceptors (Lipinski definition) is 3. The molecule has 0 aromatic heterocycles. The zero-order valence-corrected chi connectivity index (χ0v) is 9.37. The van der Waals surface area contributed by atoms with E-state index in [-0.39, 0.29) is 18.4 Å². The molecule has 3 nitrogen and oxygen atoms in total. The standard InChI is InChI=1S/C10H14BrNO2/c11-8-6-7(3-4-10(8)14)9(12)2-1-5-13/h3-4,6,9,13-14H,1-2,5,12H2/t9-/m0/s1. The predicted molar refractivity (Wildman–Crippen MR) is 59.1 cm³/mol. The first-order valence-corrected chi connectivity index (χ1v) is 5.29. The van der Waals surface area contributed by atoms with Gasteiger partial charge in [0.25, 0.3) is 0 Å². The average molecular weight is 260 g/mol. The zero-order chi connectivity index (χ0) is 10.6. The van der Waals surface area contributed by atoms with Gasteiger partial charge < -0.3 is 15.9 Å². The van der Waals surface area contributed by atoms with Gasteiger partial charge in [-0.1, -0.05) is 6.07 Å². The number of phenolic OH excluding ortho intramolecular Hbond substituents is 1. The van der Waals surface area contributed by atoms with Crippen LogP contribution >= 0.6 is 15.9 Å². The van der Waals surface area contributed by atoms with Crippen molar-refractivity contribution in [3.8, 4) is 5.75 Å². The van der Waals surface area contributed by atoms with E-state index in [4.69, 9.17) is 10.8 Å². The fraction of sp³-hybridized carbons (Fsp3) is 0.400. The maximum atomic E-state index is 9.27. The molecule has 0 bridgehead atoms. The minimum absolute atomic E-state index is 0.0842. The van der Waals surface area contributed by atoms with Crippen molar-refractivity contribution in [3.05, 3.63) is 28.2 Å². The molecule has 4 heteroatoms. The number of benzene rings is 1. The fourth-order valence-corrected chi connectivity index (χ4v) is 1.63. The van der Waals surface area contributed by atoms with Gasteiger partial charge in [0.1, 0.15) is 5.75 Å². The summed E-state index contributed by atoms with van der Waals surface area (Å²) in [5, 5.41) is 17.9. The highest BCUT2D eigenvalue weighted by atomic mass is 79.9. The Bertz CT molecular complexity index is 304. The molecule has 0 fully saturated rings. The Labute approximate surface area is 91.7 Å². The van der Waals surface area contributed by atoms with Gasteiger partial charge in [0.2, 0.25) is 0 Å². The van der Waals surface area contributed by atoms with Crippen LogP contribution in [-0.4, -0.2) is 16.8 Å². The van der Waals surface area contributed by atoms with Gasteiger partial charge in [0.05, 0.1) is 4.47 Å². The van der Waals surface area contributed by atoms with Crippen LogP contribution < -0.4 is 5.73 Å². The smallest absolute Gasteiger partial charge is 0.129 e. The Hall–Kier alpha value is -0.580. The number of aliphatic hydroxyl groups is 1. The van der Waals surface area contributed by atoms with Crippen LogP contribution in [0.5, 0.6) is 5.75 Å². The first kappa shape index (κ1) is 11.5. The number of halogens is 1. The minimum atomic E-state index is -0.0842. The van der Waals surface area contributed by atoms with Crippen molar-refractivity contribution in [2.45, 2.75) is 18.9 Å². The molecule has 0 radical (unpaired) electrons. The maximum absolute atomic E-state index is 9.27. The molecule has 1 atom stereocenters. The van der Waals surface area contributed by atoms with Crippen LogP contribution in [0.3, 0.4) is 0 Å². The molecule has 0 unspecified atom stereocenters. The molecule has 0 heterocycles. The van der Waals surface area contributed by atoms with Gasteiger partial charge in [-0.05, 0) is 46.5 Å². The van der Waals surface area contributed by atoms with E-state index in [2.05, 4.69) is 15.9 Å². The van der Waals surface area contributed by atoms with Crippen molar-refractivity contribution in [2.24, 2.45) is 5.73 Å². The number of aromatic hydroxyl groups is 1. The number of nitrogens with two attached hydrogens (primary N) is 1. The first-order chi connectivity index (χ1) is 6.65. The summed E-state index contributed by atoms with van der Waals surface area (Å²) in [4.78, 5) is 0. The third kappa shape index (κ3) is 2.97. The van der Waals surface area contributed by atoms with Gasteiger partial charge in [-0.25, -0.2) is 0 Å². The second kappa shape index (κ2) is 5.34. The van der Waals surface area contributed by atoms with Gasteiger partial charge in [-0.15, -0.1) is 0 Å². The molecule has 1 aromatic carbocycles. The summed E-state index contributed by atoms with van der Waals surface area (Å²) in [5.74, 6) is 0.211. The van der Waals surface area contributed by atoms with E-state index >= 15 is 0 Å². The van der Waals surface area contributed by atoms with E-state index in [0.717, 1.165) is 12.0 Å². The molecule has 1 aromatic rings. The van der Waals surface area contributed by atoms with Crippen molar-refractivity contribution in [1.29, 1.82) is 0 Å². The summed E-state index contributed by atoms with van der Waals surface area (Å²) in [6, 6.07) is 5.12. The molecule has 0 saturated heterocycles. The van der Waals surface area contributed by atoms with Crippen LogP contribution in [0.2, 0.25) is 0 Å². The minimum Gasteiger partial charge on any atom is -0.507 e. The van der Waals surface area contributed by atoms with Crippen LogP contribution in [0.25, 0.3) is 0 Å². The quantitative estimate of drug-likeness (QED) is 0.774. The summed E-state index contributed by atoms with van der Waals surface area (Å²) < 4.78 is 0.648. The number of aliphatic hydroxyl groups excluding tert-OH is 1. The Balaban J connectivity index is 2.70. The molecule has 0 saturated carbocycles. The highest BCUT2D eigenvalue weighted by molar-refractivity contribution is 9.10. The van der Waals surface area contributed by atoms with Gasteiger partial charge >= 0.3 is 0 Å². The van der Waals surface area contributed by atoms with Crippen molar-refractivity contribution in [1.82, 2.24) is 0 Å². The van der Waals surface area contributed by atoms with Gasteiger partial charge in [-0.2, -0.15) is 0 Å². The molecule has 0 spiro atoms. The van der Waals surface area contributed by atoms with Crippen LogP contribution in [-0.2, 0) is 0 Å². The second-order valence-electron chi connectivity index (χ2n) is 3.18. The van der Waals surface area contributed by atoms with E-state index in [1.54, 1.807) is 18.2 Å². The van der Waals surface area contributed by atoms with Crippen molar-refractivity contribution >= 4 is 15.9 Å². The van der Waals surface area contributed by atoms with Crippen LogP contribution in [0.4, 0.5) is 0 Å². The van der Waals surface area contributed by atoms with Crippen molar-refractivity contribution in [2.75, 3.05) is 6.61 Å². The lowest BCUT2D eigenvalue weighted by Gasteiger charge is -2.11. The molecule has 78 valence electrons. The third-order valence-electron chi connectivity index (χ3n) is 2.07. The Morgan fingerprint density at radius 3 is 2.71 bits per heavy atom. The molecule has 0 aliphatic rings. The van der Waals surface area contributed by atoms with Gasteiger partial charge in [-0.3, -0.25) is 0 Å². The number of hydrogen-bond donors (Lipinski definition) is 3. The van der Waals surface area contributed by atoms with E-state index < -0.39 is 0 Å². The lowest BCUT2D eigenvalue weighted by Crippen LogP contribution is -2.10. The topological polar surface area (TPSA) is 66.5 Å². The maximum Gasteiger partial charge on any atom is 0.129 e. The number of rotatable bonds is 4. The molecule has 1 rings (SSSR count). The van der Waals surface area contributed by atoms with Crippen LogP contribution in [0.15, 0.2) is 22.7 Å². The highest BCUT2D eigenvalue weighted by Crippen LogP contribution is 2.27. The third-order valence-corrected chi connectivity index (χ3v) is 2.71. The summed E-state index contributed by atoms with van der Waals surface area (Å²) in [6.07, 6.45) is 1.44. The van der Waals surface area contributed by atoms with E-state index in [9.17, 15) is 5.11 Å². The van der Waals surface area contributed by atoms with Crippen LogP contribution in [0, 0.1) is 0 Å². The van der Waals surface area contributed by atoms with Gasteiger partial charge in [0, 0.05) is 12.6 Å². The Kier molecular flexibility index (Phi) is 4.38. The number of phenols is 1. The molecule has 4 N–H and O–H groups in total. The SMILES string of the molecule is N[C@@H](CCCO)c1ccc(O)c(Br)c1. The van der Waals surface area contributed by atoms with Gasteiger partial charge in [0.15, 0.2) is 0 Å². The molecular weight excluding hydrogens is 246 g/mol. The van der Waals surface area contributed by atoms with E-state index in [1.807, 2.05) is 0 Å². The summed E-state index contributed by atoms with van der Waals surface area (Å²) in [5.41, 5.74) is 6.85. The normalized spacial score (nSPS) is 12.8. The lowest BCUT2D eigenvalue weighted by atomic mass is 10.0. The largest absolute Gasteiger partial charge is 0.507 e. The summed E-state index contributed by atoms with van der Waals surface area (Å²) >= 11 is 3.23. The summed E-state index contributed by atoms with van der Waals surface area (Å²) in [7, 11) is 0. The highest BCUT2D eigenvalue weighted by Gasteiger charge is 2.07. The average Bonchev–Trinajstić information content (AvgIpc) is 2.18. The Morgan fingerprint density at radius 1 is 1.43 bits per heavy atom. The van der Waals surface area contributed by atoms with E-state index in [1.165, 1.54) is 0 Å². The summed E-state index contributed by atoms with van der Waals surface area (Å²) in [6.45, 7) is 0.160. The second-order valence-corrected chi connectivity index (χ2v) is 4.04. The van der Waals surface area contributed by atoms with E-state index in [0.29, 0.717) is 10.9 Å². The van der Waals surface area contributed by atoms with Crippen molar-refractivity contribution in [3.63, 3.8) is 0 Å². The fourth-order valence-electron chi connectivity index (χ4n) is 1.23.